The van der Waals surface area contributed by atoms with Crippen LogP contribution >= 0.6 is 0 Å². The molecule has 0 atom stereocenters. The number of nitrogens with zero attached hydrogens (tertiary/aromatic N) is 1. The van der Waals surface area contributed by atoms with Crippen molar-refractivity contribution in [3.63, 3.8) is 0 Å². The molecule has 1 aliphatic carbocycles. The molecule has 0 amide bonds. The van der Waals surface area contributed by atoms with Crippen LogP contribution in [-0.2, 0) is 10.8 Å². The third-order valence-corrected chi connectivity index (χ3v) is 16.4. The van der Waals surface area contributed by atoms with Crippen molar-refractivity contribution in [3.8, 4) is 44.5 Å². The highest BCUT2D eigenvalue weighted by atomic mass is 16.3. The maximum atomic E-state index is 7.02. The first-order valence-corrected chi connectivity index (χ1v) is 26.3. The van der Waals surface area contributed by atoms with Crippen molar-refractivity contribution < 1.29 is 4.42 Å². The van der Waals surface area contributed by atoms with Crippen molar-refractivity contribution in [2.24, 2.45) is 0 Å². The second-order valence-electron chi connectivity index (χ2n) is 20.2. The fraction of sp³-hybridized carbons (Fsp3) is 0.0270. The summed E-state index contributed by atoms with van der Waals surface area (Å²) in [5, 5.41) is 2.18. The number of anilines is 3. The monoisotopic (exact) mass is 967 g/mol. The molecule has 1 spiro atoms. The van der Waals surface area contributed by atoms with Gasteiger partial charge in [-0.25, -0.2) is 0 Å². The van der Waals surface area contributed by atoms with Crippen molar-refractivity contribution in [3.05, 3.63) is 342 Å². The minimum Gasteiger partial charge on any atom is -0.454 e. The highest BCUT2D eigenvalue weighted by Gasteiger charge is 2.57. The smallest absolute Gasteiger partial charge is 0.159 e. The molecule has 2 aliphatic rings. The Bertz CT molecular complexity index is 4120. The van der Waals surface area contributed by atoms with Crippen LogP contribution < -0.4 is 4.90 Å². The Morgan fingerprint density at radius 1 is 0.250 bits per heavy atom. The summed E-state index contributed by atoms with van der Waals surface area (Å²) in [4.78, 5) is 2.50. The van der Waals surface area contributed by atoms with Gasteiger partial charge in [-0.2, -0.15) is 0 Å². The van der Waals surface area contributed by atoms with Gasteiger partial charge in [-0.05, 0) is 125 Å². The zero-order chi connectivity index (χ0) is 50.2. The maximum absolute atomic E-state index is 7.02. The summed E-state index contributed by atoms with van der Waals surface area (Å²) in [6.07, 6.45) is 0. The van der Waals surface area contributed by atoms with E-state index in [0.29, 0.717) is 0 Å². The van der Waals surface area contributed by atoms with Crippen molar-refractivity contribution >= 4 is 39.0 Å². The first kappa shape index (κ1) is 43.8. The fourth-order valence-electron chi connectivity index (χ4n) is 13.4. The largest absolute Gasteiger partial charge is 0.454 e. The predicted octanol–water partition coefficient (Wildman–Crippen LogP) is 19.1. The van der Waals surface area contributed by atoms with Gasteiger partial charge in [0.15, 0.2) is 5.58 Å². The Morgan fingerprint density at radius 2 is 0.632 bits per heavy atom. The van der Waals surface area contributed by atoms with Crippen LogP contribution in [-0.4, -0.2) is 0 Å². The lowest BCUT2D eigenvalue weighted by molar-refractivity contribution is 0.611. The lowest BCUT2D eigenvalue weighted by Gasteiger charge is -2.54. The number of furan rings is 1. The number of hydrogen-bond donors (Lipinski definition) is 0. The number of para-hydroxylation sites is 2. The number of rotatable bonds is 7. The van der Waals surface area contributed by atoms with Crippen molar-refractivity contribution in [1.29, 1.82) is 0 Å². The molecule has 356 valence electrons. The van der Waals surface area contributed by atoms with Gasteiger partial charge in [0.2, 0.25) is 0 Å². The van der Waals surface area contributed by atoms with Gasteiger partial charge >= 0.3 is 0 Å². The summed E-state index contributed by atoms with van der Waals surface area (Å²) in [7, 11) is 0. The lowest BCUT2D eigenvalue weighted by Crippen LogP contribution is -2.47. The minimum atomic E-state index is -0.863. The van der Waals surface area contributed by atoms with Crippen molar-refractivity contribution in [1.82, 2.24) is 0 Å². The summed E-state index contributed by atoms with van der Waals surface area (Å²) in [5.74, 6) is 0. The molecule has 13 aromatic rings. The first-order valence-electron chi connectivity index (χ1n) is 26.3. The van der Waals surface area contributed by atoms with E-state index < -0.39 is 10.8 Å². The van der Waals surface area contributed by atoms with Gasteiger partial charge in [0.25, 0.3) is 0 Å². The Labute approximate surface area is 443 Å². The summed E-state index contributed by atoms with van der Waals surface area (Å²) < 4.78 is 7.02. The van der Waals surface area contributed by atoms with E-state index in [0.717, 1.165) is 50.1 Å². The third-order valence-electron chi connectivity index (χ3n) is 16.4. The van der Waals surface area contributed by atoms with Crippen molar-refractivity contribution in [2.45, 2.75) is 10.8 Å². The molecule has 0 N–H and O–H groups in total. The number of hydrogen-bond acceptors (Lipinski definition) is 2. The Hall–Kier alpha value is -9.76. The molecule has 12 aromatic carbocycles. The zero-order valence-electron chi connectivity index (χ0n) is 41.6. The number of benzene rings is 12. The van der Waals surface area contributed by atoms with Gasteiger partial charge < -0.3 is 9.32 Å². The molecule has 1 aliphatic heterocycles. The fourth-order valence-corrected chi connectivity index (χ4v) is 13.4. The van der Waals surface area contributed by atoms with Crippen LogP contribution in [0, 0.1) is 0 Å². The molecule has 0 bridgehead atoms. The predicted molar refractivity (Wildman–Crippen MR) is 314 cm³/mol. The average molecular weight is 968 g/mol. The van der Waals surface area contributed by atoms with Gasteiger partial charge in [0, 0.05) is 10.8 Å². The molecule has 0 saturated heterocycles. The van der Waals surface area contributed by atoms with E-state index in [1.165, 1.54) is 77.9 Å². The van der Waals surface area contributed by atoms with Crippen LogP contribution in [0.3, 0.4) is 0 Å². The molecule has 2 heterocycles. The standard InChI is InChI=1S/C74H49NO/c1-5-24-50(25-6-1)56-32-13-15-34-58(56)52-44-46-68-66(48-52)74(64-40-20-18-38-62(64)73(54-28-9-3-10-29-54,55-30-11-4-12-31-55)63-39-19-21-41-65(63)74)67-49-53(59-35-16-14-33-57(59)51-26-7-2-8-27-51)45-47-69(67)75(68)70-42-23-37-61-60-36-17-22-43-71(60)76-72(61)70/h1-49H. The molecule has 2 heteroatoms. The molecule has 0 unspecified atom stereocenters. The van der Waals surface area contributed by atoms with Gasteiger partial charge in [0.05, 0.1) is 27.9 Å². The molecular formula is C74H49NO. The highest BCUT2D eigenvalue weighted by molar-refractivity contribution is 6.11. The number of fused-ring (bicyclic) bond motifs is 11. The van der Waals surface area contributed by atoms with Crippen LogP contribution in [0.5, 0.6) is 0 Å². The van der Waals surface area contributed by atoms with Gasteiger partial charge in [-0.3, -0.25) is 0 Å². The molecule has 0 fully saturated rings. The summed E-state index contributed by atoms with van der Waals surface area (Å²) in [6.45, 7) is 0. The van der Waals surface area contributed by atoms with Gasteiger partial charge in [-0.1, -0.05) is 261 Å². The van der Waals surface area contributed by atoms with E-state index in [1.54, 1.807) is 0 Å². The second-order valence-corrected chi connectivity index (χ2v) is 20.2. The third kappa shape index (κ3) is 6.34. The Morgan fingerprint density at radius 3 is 1.12 bits per heavy atom. The quantitative estimate of drug-likeness (QED) is 0.158. The normalized spacial score (nSPS) is 13.7. The Kier molecular flexibility index (Phi) is 10.0. The van der Waals surface area contributed by atoms with E-state index in [9.17, 15) is 0 Å². The Balaban J connectivity index is 1.13. The summed E-state index contributed by atoms with van der Waals surface area (Å²) in [5.41, 5.74) is 22.6. The molecule has 15 rings (SSSR count). The molecule has 0 saturated carbocycles. The average Bonchev–Trinajstić information content (AvgIpc) is 3.83. The van der Waals surface area contributed by atoms with Crippen LogP contribution in [0.25, 0.3) is 66.4 Å². The van der Waals surface area contributed by atoms with E-state index in [-0.39, 0.29) is 0 Å². The molecule has 2 nitrogen and oxygen atoms in total. The van der Waals surface area contributed by atoms with Crippen LogP contribution in [0.2, 0.25) is 0 Å². The minimum absolute atomic E-state index is 0.673. The lowest BCUT2D eigenvalue weighted by atomic mass is 9.49. The van der Waals surface area contributed by atoms with Crippen LogP contribution in [0.15, 0.2) is 302 Å². The summed E-state index contributed by atoms with van der Waals surface area (Å²) >= 11 is 0. The SMILES string of the molecule is c1ccc(-c2ccccc2-c2ccc3c(c2)C2(c4cc(-c5ccccc5-c5ccccc5)ccc4N3c3cccc4c3oc3ccccc34)c3ccccc3C(c3ccccc3)(c3ccccc3)c3ccccc32)cc1. The molecule has 76 heavy (non-hydrogen) atoms. The molecule has 1 aromatic heterocycles. The van der Waals surface area contributed by atoms with Gasteiger partial charge in [-0.15, -0.1) is 0 Å². The molecular weight excluding hydrogens is 919 g/mol. The zero-order valence-corrected chi connectivity index (χ0v) is 41.6. The highest BCUT2D eigenvalue weighted by Crippen LogP contribution is 2.66. The van der Waals surface area contributed by atoms with Gasteiger partial charge in [0.1, 0.15) is 5.58 Å². The van der Waals surface area contributed by atoms with E-state index >= 15 is 0 Å². The van der Waals surface area contributed by atoms with Crippen LogP contribution in [0.1, 0.15) is 44.5 Å². The second kappa shape index (κ2) is 17.4. The first-order chi connectivity index (χ1) is 37.7. The molecule has 0 radical (unpaired) electrons. The van der Waals surface area contributed by atoms with Crippen LogP contribution in [0.4, 0.5) is 17.1 Å². The summed E-state index contributed by atoms with van der Waals surface area (Å²) in [6, 6.07) is 110. The maximum Gasteiger partial charge on any atom is 0.159 e. The topological polar surface area (TPSA) is 16.4 Å². The van der Waals surface area contributed by atoms with E-state index in [4.69, 9.17) is 4.42 Å². The van der Waals surface area contributed by atoms with E-state index in [2.05, 4.69) is 302 Å². The van der Waals surface area contributed by atoms with E-state index in [1.807, 2.05) is 0 Å². The van der Waals surface area contributed by atoms with Crippen molar-refractivity contribution in [2.75, 3.05) is 4.90 Å².